The molecule has 0 aromatic heterocycles. The molecule has 1 unspecified atom stereocenters. The van der Waals surface area contributed by atoms with Crippen LogP contribution in [0.2, 0.25) is 0 Å². The van der Waals surface area contributed by atoms with E-state index >= 15 is 0 Å². The van der Waals surface area contributed by atoms with E-state index in [-0.39, 0.29) is 24.4 Å². The Hall–Kier alpha value is -1.01. The third-order valence-corrected chi connectivity index (χ3v) is 5.59. The van der Waals surface area contributed by atoms with Crippen LogP contribution in [0.15, 0.2) is 18.2 Å². The first-order valence-corrected chi connectivity index (χ1v) is 9.48. The monoisotopic (exact) mass is 385 g/mol. The van der Waals surface area contributed by atoms with Crippen molar-refractivity contribution in [3.63, 3.8) is 0 Å². The molecule has 2 aliphatic rings. The molecule has 1 aromatic carbocycles. The van der Waals surface area contributed by atoms with Crippen molar-refractivity contribution in [3.8, 4) is 11.5 Å². The summed E-state index contributed by atoms with van der Waals surface area (Å²) < 4.78 is 17.1. The Morgan fingerprint density at radius 1 is 1.08 bits per heavy atom. The fraction of sp³-hybridized carbons (Fsp3) is 0.700. The third kappa shape index (κ3) is 4.63. The van der Waals surface area contributed by atoms with Crippen molar-refractivity contribution in [1.82, 2.24) is 4.90 Å². The first kappa shape index (κ1) is 21.3. The van der Waals surface area contributed by atoms with E-state index in [9.17, 15) is 5.11 Å². The lowest BCUT2D eigenvalue weighted by molar-refractivity contribution is -0.208. The Kier molecular flexibility index (Phi) is 8.02. The Balaban J connectivity index is 0.00000243. The van der Waals surface area contributed by atoms with Gasteiger partial charge in [-0.15, -0.1) is 12.4 Å². The molecule has 1 N–H and O–H groups in total. The topological polar surface area (TPSA) is 51.2 Å². The van der Waals surface area contributed by atoms with Gasteiger partial charge in [-0.25, -0.2) is 0 Å². The molecule has 5 nitrogen and oxygen atoms in total. The highest BCUT2D eigenvalue weighted by Gasteiger charge is 2.43. The number of nitrogens with zero attached hydrogens (tertiary/aromatic N) is 1. The van der Waals surface area contributed by atoms with Crippen molar-refractivity contribution in [2.45, 2.75) is 63.3 Å². The van der Waals surface area contributed by atoms with E-state index < -0.39 is 0 Å². The number of methoxy groups -OCH3 is 2. The predicted molar refractivity (Wildman–Crippen MR) is 104 cm³/mol. The van der Waals surface area contributed by atoms with Crippen molar-refractivity contribution in [3.05, 3.63) is 23.8 Å². The Bertz CT molecular complexity index is 563. The molecule has 3 rings (SSSR count). The van der Waals surface area contributed by atoms with Crippen LogP contribution in [0.25, 0.3) is 0 Å². The smallest absolute Gasteiger partial charge is 0.160 e. The van der Waals surface area contributed by atoms with E-state index in [0.29, 0.717) is 6.61 Å². The van der Waals surface area contributed by atoms with Crippen molar-refractivity contribution in [2.24, 2.45) is 0 Å². The zero-order valence-corrected chi connectivity index (χ0v) is 16.7. The fourth-order valence-corrected chi connectivity index (χ4v) is 4.24. The quantitative estimate of drug-likeness (QED) is 0.774. The molecule has 0 amide bonds. The molecule has 1 atom stereocenters. The number of likely N-dealkylation sites (tertiary alicyclic amines) is 1. The van der Waals surface area contributed by atoms with Crippen LogP contribution in [0.3, 0.4) is 0 Å². The maximum atomic E-state index is 10.4. The van der Waals surface area contributed by atoms with Crippen molar-refractivity contribution < 1.29 is 19.3 Å². The van der Waals surface area contributed by atoms with E-state index in [4.69, 9.17) is 14.2 Å². The highest BCUT2D eigenvalue weighted by Crippen LogP contribution is 2.39. The van der Waals surface area contributed by atoms with Crippen molar-refractivity contribution in [2.75, 3.05) is 27.4 Å². The van der Waals surface area contributed by atoms with Crippen LogP contribution in [0.5, 0.6) is 11.5 Å². The molecule has 1 aromatic rings. The summed E-state index contributed by atoms with van der Waals surface area (Å²) in [5.74, 6) is 1.50. The minimum absolute atomic E-state index is 0. The van der Waals surface area contributed by atoms with E-state index in [1.165, 1.54) is 24.8 Å². The van der Waals surface area contributed by atoms with Gasteiger partial charge >= 0.3 is 0 Å². The Morgan fingerprint density at radius 2 is 1.81 bits per heavy atom. The summed E-state index contributed by atoms with van der Waals surface area (Å²) in [6, 6.07) is 6.01. The lowest BCUT2D eigenvalue weighted by atomic mass is 9.90. The summed E-state index contributed by atoms with van der Waals surface area (Å²) in [5.41, 5.74) is 0.899. The summed E-state index contributed by atoms with van der Waals surface area (Å²) >= 11 is 0. The molecule has 1 heterocycles. The van der Waals surface area contributed by atoms with Gasteiger partial charge in [-0.05, 0) is 62.6 Å². The summed E-state index contributed by atoms with van der Waals surface area (Å²) in [6.45, 7) is 1.59. The molecule has 0 radical (unpaired) electrons. The molecule has 1 saturated carbocycles. The maximum Gasteiger partial charge on any atom is 0.160 e. The normalized spacial score (nSPS) is 22.7. The first-order valence-electron chi connectivity index (χ1n) is 9.48. The summed E-state index contributed by atoms with van der Waals surface area (Å²) in [6.07, 6.45) is 8.07. The highest BCUT2D eigenvalue weighted by molar-refractivity contribution is 5.85. The molecule has 1 aliphatic carbocycles. The van der Waals surface area contributed by atoms with Gasteiger partial charge in [0.05, 0.1) is 20.8 Å². The van der Waals surface area contributed by atoms with Gasteiger partial charge in [-0.2, -0.15) is 0 Å². The van der Waals surface area contributed by atoms with Crippen LogP contribution in [-0.2, 0) is 11.2 Å². The zero-order chi connectivity index (χ0) is 17.7. The summed E-state index contributed by atoms with van der Waals surface area (Å²) in [5, 5.41) is 10.4. The number of halogens is 1. The zero-order valence-electron chi connectivity index (χ0n) is 15.9. The molecular weight excluding hydrogens is 354 g/mol. The van der Waals surface area contributed by atoms with E-state index in [2.05, 4.69) is 11.0 Å². The van der Waals surface area contributed by atoms with Gasteiger partial charge in [-0.1, -0.05) is 12.5 Å². The van der Waals surface area contributed by atoms with Crippen LogP contribution >= 0.6 is 12.4 Å². The average Bonchev–Trinajstić information content (AvgIpc) is 3.09. The van der Waals surface area contributed by atoms with E-state index in [1.807, 2.05) is 12.1 Å². The van der Waals surface area contributed by atoms with Gasteiger partial charge in [0.2, 0.25) is 0 Å². The minimum atomic E-state index is -0.348. The number of hydrogen-bond donors (Lipinski definition) is 1. The van der Waals surface area contributed by atoms with Crippen LogP contribution in [-0.4, -0.2) is 49.3 Å². The third-order valence-electron chi connectivity index (χ3n) is 5.59. The number of ether oxygens (including phenoxy) is 3. The van der Waals surface area contributed by atoms with E-state index in [0.717, 1.165) is 50.1 Å². The second kappa shape index (κ2) is 9.79. The second-order valence-electron chi connectivity index (χ2n) is 7.11. The predicted octanol–water partition coefficient (Wildman–Crippen LogP) is 3.76. The molecule has 6 heteroatoms. The van der Waals surface area contributed by atoms with Gasteiger partial charge in [-0.3, -0.25) is 4.90 Å². The van der Waals surface area contributed by atoms with Crippen molar-refractivity contribution in [1.29, 1.82) is 0 Å². The van der Waals surface area contributed by atoms with Gasteiger partial charge < -0.3 is 19.3 Å². The van der Waals surface area contributed by atoms with Crippen molar-refractivity contribution >= 4 is 12.4 Å². The molecule has 1 aliphatic heterocycles. The highest BCUT2D eigenvalue weighted by atomic mass is 35.5. The fourth-order valence-electron chi connectivity index (χ4n) is 4.24. The minimum Gasteiger partial charge on any atom is -0.493 e. The van der Waals surface area contributed by atoms with Crippen LogP contribution in [0.1, 0.15) is 50.5 Å². The lowest BCUT2D eigenvalue weighted by Crippen LogP contribution is -2.54. The lowest BCUT2D eigenvalue weighted by Gasteiger charge is -2.45. The number of rotatable bonds is 7. The van der Waals surface area contributed by atoms with Crippen LogP contribution < -0.4 is 9.47 Å². The molecular formula is C20H32ClNO4. The molecule has 148 valence electrons. The van der Waals surface area contributed by atoms with Crippen LogP contribution in [0, 0.1) is 0 Å². The SMILES string of the molecule is COc1ccc(CCOC2(N3CCCC3O)CCCCC2)cc1OC.Cl. The molecule has 0 spiro atoms. The number of aliphatic hydroxyl groups excluding tert-OH is 1. The number of hydrogen-bond acceptors (Lipinski definition) is 5. The standard InChI is InChI=1S/C20H31NO4.ClH/c1-23-17-9-8-16(15-18(17)24-2)10-14-25-20(11-4-3-5-12-20)21-13-6-7-19(21)22;/h8-9,15,19,22H,3-7,10-14H2,1-2H3;1H. The van der Waals surface area contributed by atoms with Crippen LogP contribution in [0.4, 0.5) is 0 Å². The van der Waals surface area contributed by atoms with Gasteiger partial charge in [0, 0.05) is 6.54 Å². The number of benzene rings is 1. The average molecular weight is 386 g/mol. The molecule has 26 heavy (non-hydrogen) atoms. The van der Waals surface area contributed by atoms with Gasteiger partial charge in [0.1, 0.15) is 12.0 Å². The number of aliphatic hydroxyl groups is 1. The van der Waals surface area contributed by atoms with Gasteiger partial charge in [0.15, 0.2) is 11.5 Å². The van der Waals surface area contributed by atoms with Gasteiger partial charge in [0.25, 0.3) is 0 Å². The maximum absolute atomic E-state index is 10.4. The van der Waals surface area contributed by atoms with E-state index in [1.54, 1.807) is 14.2 Å². The Labute approximate surface area is 163 Å². The second-order valence-corrected chi connectivity index (χ2v) is 7.11. The summed E-state index contributed by atoms with van der Waals surface area (Å²) in [7, 11) is 3.30. The largest absolute Gasteiger partial charge is 0.493 e. The molecule has 2 fully saturated rings. The summed E-state index contributed by atoms with van der Waals surface area (Å²) in [4.78, 5) is 2.21. The first-order chi connectivity index (χ1) is 12.2. The molecule has 0 bridgehead atoms. The Morgan fingerprint density at radius 3 is 2.42 bits per heavy atom. The molecule has 1 saturated heterocycles.